The Morgan fingerprint density at radius 1 is 1.12 bits per heavy atom. The van der Waals surface area contributed by atoms with E-state index in [1.807, 2.05) is 43.5 Å². The monoisotopic (exact) mass is 370 g/mol. The van der Waals surface area contributed by atoms with E-state index in [0.717, 1.165) is 11.3 Å². The van der Waals surface area contributed by atoms with Crippen molar-refractivity contribution in [3.8, 4) is 5.69 Å². The molecule has 1 atom stereocenters. The normalized spacial score (nSPS) is 12.5. The summed E-state index contributed by atoms with van der Waals surface area (Å²) in [5.41, 5.74) is 2.13. The molecule has 0 aliphatic rings. The van der Waals surface area contributed by atoms with Gasteiger partial charge in [-0.1, -0.05) is 18.2 Å². The average Bonchev–Trinajstić information content (AvgIpc) is 3.15. The maximum absolute atomic E-state index is 12.5. The van der Waals surface area contributed by atoms with E-state index in [4.69, 9.17) is 5.14 Å². The lowest BCUT2D eigenvalue weighted by Gasteiger charge is -2.18. The molecule has 0 radical (unpaired) electrons. The van der Waals surface area contributed by atoms with Crippen molar-refractivity contribution in [2.75, 3.05) is 0 Å². The Labute approximate surface area is 151 Å². The molecule has 0 unspecified atom stereocenters. The minimum absolute atomic E-state index is 0.0360. The minimum Gasteiger partial charge on any atom is -0.345 e. The van der Waals surface area contributed by atoms with Crippen LogP contribution in [0.25, 0.3) is 5.69 Å². The Bertz CT molecular complexity index is 1010. The van der Waals surface area contributed by atoms with Gasteiger partial charge >= 0.3 is 0 Å². The number of aromatic nitrogens is 2. The summed E-state index contributed by atoms with van der Waals surface area (Å²) in [6, 6.07) is 14.7. The summed E-state index contributed by atoms with van der Waals surface area (Å²) in [7, 11) is -3.78. The molecular formula is C18H18N4O3S. The van der Waals surface area contributed by atoms with Crippen LogP contribution in [0.2, 0.25) is 0 Å². The number of benzene rings is 2. The van der Waals surface area contributed by atoms with E-state index < -0.39 is 10.0 Å². The Morgan fingerprint density at radius 2 is 1.81 bits per heavy atom. The van der Waals surface area contributed by atoms with E-state index in [-0.39, 0.29) is 16.8 Å². The van der Waals surface area contributed by atoms with Gasteiger partial charge in [-0.25, -0.2) is 18.2 Å². The van der Waals surface area contributed by atoms with Crippen LogP contribution in [0.15, 0.2) is 71.9 Å². The van der Waals surface area contributed by atoms with E-state index in [9.17, 15) is 13.2 Å². The number of carbonyl (C=O) groups excluding carboxylic acids is 1. The molecule has 1 heterocycles. The molecule has 0 aliphatic heterocycles. The molecule has 2 aromatic carbocycles. The van der Waals surface area contributed by atoms with Crippen LogP contribution in [0.3, 0.4) is 0 Å². The Morgan fingerprint density at radius 3 is 2.42 bits per heavy atom. The van der Waals surface area contributed by atoms with Gasteiger partial charge in [0.15, 0.2) is 0 Å². The Hall–Kier alpha value is -2.97. The predicted octanol–water partition coefficient (Wildman–Crippen LogP) is 2.01. The highest BCUT2D eigenvalue weighted by molar-refractivity contribution is 7.89. The number of carbonyl (C=O) groups is 1. The Kier molecular flexibility index (Phi) is 4.88. The fourth-order valence-corrected chi connectivity index (χ4v) is 3.14. The third-order valence-electron chi connectivity index (χ3n) is 3.95. The van der Waals surface area contributed by atoms with Gasteiger partial charge < -0.3 is 5.32 Å². The van der Waals surface area contributed by atoms with Crippen molar-refractivity contribution in [1.82, 2.24) is 15.1 Å². The van der Waals surface area contributed by atoms with Crippen LogP contribution in [0, 0.1) is 0 Å². The van der Waals surface area contributed by atoms with Gasteiger partial charge in [-0.05, 0) is 48.9 Å². The third kappa shape index (κ3) is 3.81. The lowest BCUT2D eigenvalue weighted by molar-refractivity contribution is 0.0940. The van der Waals surface area contributed by atoms with Crippen LogP contribution >= 0.6 is 0 Å². The highest BCUT2D eigenvalue weighted by Crippen LogP contribution is 2.21. The van der Waals surface area contributed by atoms with Crippen molar-refractivity contribution in [3.05, 3.63) is 78.1 Å². The fraction of sp³-hybridized carbons (Fsp3) is 0.111. The van der Waals surface area contributed by atoms with E-state index in [2.05, 4.69) is 10.4 Å². The third-order valence-corrected chi connectivity index (χ3v) is 4.88. The van der Waals surface area contributed by atoms with Crippen LogP contribution in [-0.4, -0.2) is 24.1 Å². The number of rotatable bonds is 5. The van der Waals surface area contributed by atoms with Crippen LogP contribution < -0.4 is 10.5 Å². The fourth-order valence-electron chi connectivity index (χ4n) is 2.63. The minimum atomic E-state index is -3.78. The lowest BCUT2D eigenvalue weighted by Crippen LogP contribution is -2.27. The summed E-state index contributed by atoms with van der Waals surface area (Å²) >= 11 is 0. The SMILES string of the molecule is C[C@H](NC(=O)c1ccc(S(N)(=O)=O)cc1)c1ccccc1-n1cccn1. The summed E-state index contributed by atoms with van der Waals surface area (Å²) < 4.78 is 24.3. The quantitative estimate of drug-likeness (QED) is 0.716. The van der Waals surface area contributed by atoms with E-state index in [1.54, 1.807) is 10.9 Å². The topological polar surface area (TPSA) is 107 Å². The second kappa shape index (κ2) is 7.11. The zero-order valence-corrected chi connectivity index (χ0v) is 14.8. The van der Waals surface area contributed by atoms with Gasteiger partial charge in [0.1, 0.15) is 0 Å². The number of amides is 1. The number of nitrogens with one attached hydrogen (secondary N) is 1. The first-order valence-electron chi connectivity index (χ1n) is 7.89. The summed E-state index contributed by atoms with van der Waals surface area (Å²) in [6.07, 6.45) is 3.52. The number of nitrogens with zero attached hydrogens (tertiary/aromatic N) is 2. The van der Waals surface area contributed by atoms with Crippen molar-refractivity contribution in [2.24, 2.45) is 5.14 Å². The smallest absolute Gasteiger partial charge is 0.251 e. The number of primary sulfonamides is 1. The van der Waals surface area contributed by atoms with Gasteiger partial charge in [-0.15, -0.1) is 0 Å². The summed E-state index contributed by atoms with van der Waals surface area (Å²) in [4.78, 5) is 12.4. The number of para-hydroxylation sites is 1. The maximum Gasteiger partial charge on any atom is 0.251 e. The second-order valence-electron chi connectivity index (χ2n) is 5.77. The van der Waals surface area contributed by atoms with Crippen molar-refractivity contribution in [2.45, 2.75) is 17.9 Å². The maximum atomic E-state index is 12.5. The van der Waals surface area contributed by atoms with Crippen LogP contribution in [0.4, 0.5) is 0 Å². The van der Waals surface area contributed by atoms with Crippen LogP contribution in [0.5, 0.6) is 0 Å². The van der Waals surface area contributed by atoms with Gasteiger partial charge in [-0.3, -0.25) is 4.79 Å². The molecule has 0 bridgehead atoms. The first-order valence-corrected chi connectivity index (χ1v) is 9.43. The van der Waals surface area contributed by atoms with E-state index in [1.165, 1.54) is 24.3 Å². The first kappa shape index (κ1) is 17.8. The summed E-state index contributed by atoms with van der Waals surface area (Å²) in [5, 5.41) is 12.2. The molecule has 8 heteroatoms. The van der Waals surface area contributed by atoms with Crippen LogP contribution in [-0.2, 0) is 10.0 Å². The number of nitrogens with two attached hydrogens (primary N) is 1. The standard InChI is InChI=1S/C18H18N4O3S/c1-13(16-5-2-3-6-17(16)22-12-4-11-20-22)21-18(23)14-7-9-15(10-8-14)26(19,24)25/h2-13H,1H3,(H,21,23)(H2,19,24,25)/t13-/m0/s1. The van der Waals surface area contributed by atoms with Gasteiger partial charge in [0.25, 0.3) is 5.91 Å². The summed E-state index contributed by atoms with van der Waals surface area (Å²) in [5.74, 6) is -0.311. The molecule has 0 aliphatic carbocycles. The zero-order chi connectivity index (χ0) is 18.7. The van der Waals surface area contributed by atoms with Gasteiger partial charge in [0, 0.05) is 18.0 Å². The molecule has 0 saturated heterocycles. The summed E-state index contributed by atoms with van der Waals surface area (Å²) in [6.45, 7) is 1.87. The zero-order valence-electron chi connectivity index (χ0n) is 14.0. The largest absolute Gasteiger partial charge is 0.345 e. The van der Waals surface area contributed by atoms with Gasteiger partial charge in [0.05, 0.1) is 16.6 Å². The molecule has 0 fully saturated rings. The number of hydrogen-bond donors (Lipinski definition) is 2. The first-order chi connectivity index (χ1) is 12.4. The molecule has 3 aromatic rings. The van der Waals surface area contributed by atoms with Gasteiger partial charge in [0.2, 0.25) is 10.0 Å². The molecular weight excluding hydrogens is 352 g/mol. The molecule has 134 valence electrons. The van der Waals surface area contributed by atoms with Crippen molar-refractivity contribution in [3.63, 3.8) is 0 Å². The van der Waals surface area contributed by atoms with Crippen molar-refractivity contribution in [1.29, 1.82) is 0 Å². The second-order valence-corrected chi connectivity index (χ2v) is 7.34. The molecule has 7 nitrogen and oxygen atoms in total. The average molecular weight is 370 g/mol. The lowest BCUT2D eigenvalue weighted by atomic mass is 10.1. The molecule has 3 rings (SSSR count). The molecule has 1 amide bonds. The molecule has 26 heavy (non-hydrogen) atoms. The highest BCUT2D eigenvalue weighted by Gasteiger charge is 2.16. The number of hydrogen-bond acceptors (Lipinski definition) is 4. The van der Waals surface area contributed by atoms with Crippen molar-refractivity contribution < 1.29 is 13.2 Å². The molecule has 1 aromatic heterocycles. The van der Waals surface area contributed by atoms with E-state index >= 15 is 0 Å². The number of sulfonamides is 1. The molecule has 0 saturated carbocycles. The van der Waals surface area contributed by atoms with Gasteiger partial charge in [-0.2, -0.15) is 5.10 Å². The van der Waals surface area contributed by atoms with E-state index in [0.29, 0.717) is 5.56 Å². The van der Waals surface area contributed by atoms with Crippen molar-refractivity contribution >= 4 is 15.9 Å². The predicted molar refractivity (Wildman–Crippen MR) is 97.3 cm³/mol. The Balaban J connectivity index is 1.80. The molecule has 0 spiro atoms. The highest BCUT2D eigenvalue weighted by atomic mass is 32.2. The van der Waals surface area contributed by atoms with Crippen LogP contribution in [0.1, 0.15) is 28.9 Å². The molecule has 3 N–H and O–H groups in total.